The number of carbonyl (C=O) groups excluding carboxylic acids is 1. The molecule has 5 nitrogen and oxygen atoms in total. The summed E-state index contributed by atoms with van der Waals surface area (Å²) in [6.07, 6.45) is 5.10. The van der Waals surface area contributed by atoms with E-state index < -0.39 is 6.04 Å². The maximum Gasteiger partial charge on any atom is 0.271 e. The zero-order valence-corrected chi connectivity index (χ0v) is 14.9. The van der Waals surface area contributed by atoms with Crippen LogP contribution >= 0.6 is 23.6 Å². The van der Waals surface area contributed by atoms with Gasteiger partial charge in [0.15, 0.2) is 17.4 Å². The maximum absolute atomic E-state index is 13.0. The Hall–Kier alpha value is -2.35. The molecule has 0 aromatic carbocycles. The summed E-state index contributed by atoms with van der Waals surface area (Å²) >= 11 is 6.89. The zero-order chi connectivity index (χ0) is 17.6. The van der Waals surface area contributed by atoms with Gasteiger partial charge in [-0.25, -0.2) is 0 Å². The monoisotopic (exact) mass is 373 g/mol. The van der Waals surface area contributed by atoms with Gasteiger partial charge >= 0.3 is 0 Å². The molecule has 0 unspecified atom stereocenters. The van der Waals surface area contributed by atoms with Gasteiger partial charge in [0, 0.05) is 11.6 Å². The van der Waals surface area contributed by atoms with Crippen LogP contribution < -0.4 is 9.88 Å². The van der Waals surface area contributed by atoms with Crippen molar-refractivity contribution in [1.82, 2.24) is 5.32 Å². The second-order valence-corrected chi connectivity index (χ2v) is 6.75. The first-order valence-corrected chi connectivity index (χ1v) is 8.96. The maximum atomic E-state index is 13.0. The van der Waals surface area contributed by atoms with E-state index in [4.69, 9.17) is 16.6 Å². The fourth-order valence-corrected chi connectivity index (χ4v) is 3.41. The Bertz CT molecular complexity index is 845. The number of Topliss-reactive ketones (excluding diaryl/α,β-unsaturated/α-hetero) is 1. The van der Waals surface area contributed by atoms with E-state index in [9.17, 15) is 9.90 Å². The Morgan fingerprint density at radius 1 is 1.32 bits per heavy atom. The highest BCUT2D eigenvalue weighted by atomic mass is 32.1. The van der Waals surface area contributed by atoms with Crippen LogP contribution in [0.2, 0.25) is 0 Å². The van der Waals surface area contributed by atoms with E-state index in [1.165, 1.54) is 11.3 Å². The van der Waals surface area contributed by atoms with Crippen molar-refractivity contribution < 1.29 is 18.9 Å². The van der Waals surface area contributed by atoms with Crippen molar-refractivity contribution in [2.24, 2.45) is 0 Å². The Morgan fingerprint density at radius 2 is 2.20 bits per heavy atom. The first-order valence-electron chi connectivity index (χ1n) is 7.67. The van der Waals surface area contributed by atoms with Gasteiger partial charge in [-0.1, -0.05) is 18.3 Å². The standard InChI is InChI=1S/C18H16N2O3S2/c21-12-13-4-1-7-20(11-13)16(17(22)15-6-3-9-25-15)18(24)19-10-14-5-2-8-23-14/h1-9,11,16,21H,10,12H2/p+1/t16-/m0/s1. The molecule has 3 aromatic heterocycles. The van der Waals surface area contributed by atoms with Crippen LogP contribution in [0.4, 0.5) is 0 Å². The number of furan rings is 1. The number of thiocarbonyl (C=S) groups is 1. The minimum atomic E-state index is -0.685. The number of thiophene rings is 1. The van der Waals surface area contributed by atoms with Crippen molar-refractivity contribution in [3.8, 4) is 0 Å². The second kappa shape index (κ2) is 8.15. The van der Waals surface area contributed by atoms with E-state index in [1.54, 1.807) is 47.5 Å². The van der Waals surface area contributed by atoms with Gasteiger partial charge in [-0.05, 0) is 29.6 Å². The van der Waals surface area contributed by atoms with Crippen LogP contribution in [0.5, 0.6) is 0 Å². The molecule has 7 heteroatoms. The van der Waals surface area contributed by atoms with Crippen molar-refractivity contribution in [3.63, 3.8) is 0 Å². The molecule has 128 valence electrons. The molecule has 0 radical (unpaired) electrons. The average Bonchev–Trinajstić information content (AvgIpc) is 3.34. The largest absolute Gasteiger partial charge is 0.467 e. The topological polar surface area (TPSA) is 66.4 Å². The molecule has 0 bridgehead atoms. The fraction of sp³-hybridized carbons (Fsp3) is 0.167. The van der Waals surface area contributed by atoms with Gasteiger partial charge in [-0.3, -0.25) is 4.79 Å². The first kappa shape index (κ1) is 17.5. The quantitative estimate of drug-likeness (QED) is 0.379. The number of aliphatic hydroxyl groups excluding tert-OH is 1. The molecule has 3 rings (SSSR count). The number of pyridine rings is 1. The summed E-state index contributed by atoms with van der Waals surface area (Å²) < 4.78 is 7.02. The molecular formula is C18H17N2O3S2+. The third kappa shape index (κ3) is 4.19. The lowest BCUT2D eigenvalue weighted by molar-refractivity contribution is -0.692. The van der Waals surface area contributed by atoms with Crippen molar-refractivity contribution >= 4 is 34.3 Å². The van der Waals surface area contributed by atoms with E-state index in [0.717, 1.165) is 5.76 Å². The third-order valence-electron chi connectivity index (χ3n) is 3.64. The van der Waals surface area contributed by atoms with Crippen LogP contribution in [-0.4, -0.2) is 15.9 Å². The Balaban J connectivity index is 1.87. The summed E-state index contributed by atoms with van der Waals surface area (Å²) in [4.78, 5) is 14.0. The Labute approximate surface area is 154 Å². The normalized spacial score (nSPS) is 11.9. The molecule has 0 amide bonds. The lowest BCUT2D eigenvalue weighted by Crippen LogP contribution is -2.51. The molecule has 0 spiro atoms. The van der Waals surface area contributed by atoms with Crippen LogP contribution in [0.25, 0.3) is 0 Å². The van der Waals surface area contributed by atoms with Crippen molar-refractivity contribution in [2.75, 3.05) is 0 Å². The number of ketones is 1. The van der Waals surface area contributed by atoms with Crippen LogP contribution in [0, 0.1) is 0 Å². The molecular weight excluding hydrogens is 356 g/mol. The Kier molecular flexibility index (Phi) is 5.70. The number of aliphatic hydroxyl groups is 1. The minimum absolute atomic E-state index is 0.0907. The molecule has 2 N–H and O–H groups in total. The summed E-state index contributed by atoms with van der Waals surface area (Å²) in [5.41, 5.74) is 0.709. The number of nitrogens with zero attached hydrogens (tertiary/aromatic N) is 1. The van der Waals surface area contributed by atoms with E-state index in [2.05, 4.69) is 5.32 Å². The first-order chi connectivity index (χ1) is 12.2. The van der Waals surface area contributed by atoms with Crippen molar-refractivity contribution in [2.45, 2.75) is 19.2 Å². The molecule has 3 aromatic rings. The molecule has 0 aliphatic carbocycles. The molecule has 3 heterocycles. The molecule has 25 heavy (non-hydrogen) atoms. The van der Waals surface area contributed by atoms with Crippen LogP contribution in [0.1, 0.15) is 27.0 Å². The van der Waals surface area contributed by atoms with Gasteiger partial charge < -0.3 is 14.8 Å². The SMILES string of the molecule is O=C(c1cccs1)[C@@H](C(=S)NCc1ccco1)[n+]1cccc(CO)c1. The average molecular weight is 373 g/mol. The van der Waals surface area contributed by atoms with Gasteiger partial charge in [-0.15, -0.1) is 11.3 Å². The molecule has 0 saturated heterocycles. The van der Waals surface area contributed by atoms with Gasteiger partial charge in [0.05, 0.1) is 24.3 Å². The van der Waals surface area contributed by atoms with Gasteiger partial charge in [-0.2, -0.15) is 4.57 Å². The van der Waals surface area contributed by atoms with Gasteiger partial charge in [0.1, 0.15) is 5.76 Å². The van der Waals surface area contributed by atoms with Gasteiger partial charge in [0.2, 0.25) is 5.78 Å². The number of hydrogen-bond acceptors (Lipinski definition) is 5. The number of hydrogen-bond donors (Lipinski definition) is 2. The summed E-state index contributed by atoms with van der Waals surface area (Å²) in [6, 6.07) is 10.2. The highest BCUT2D eigenvalue weighted by molar-refractivity contribution is 7.80. The van der Waals surface area contributed by atoms with Crippen molar-refractivity contribution in [1.29, 1.82) is 0 Å². The summed E-state index contributed by atoms with van der Waals surface area (Å²) in [7, 11) is 0. The molecule has 0 aliphatic heterocycles. The third-order valence-corrected chi connectivity index (χ3v) is 4.89. The van der Waals surface area contributed by atoms with Crippen LogP contribution in [0.3, 0.4) is 0 Å². The van der Waals surface area contributed by atoms with Crippen LogP contribution in [0.15, 0.2) is 64.9 Å². The lowest BCUT2D eigenvalue weighted by atomic mass is 10.1. The molecule has 0 aliphatic rings. The minimum Gasteiger partial charge on any atom is -0.467 e. The van der Waals surface area contributed by atoms with E-state index in [-0.39, 0.29) is 12.4 Å². The highest BCUT2D eigenvalue weighted by Gasteiger charge is 2.34. The van der Waals surface area contributed by atoms with Gasteiger partial charge in [0.25, 0.3) is 6.04 Å². The summed E-state index contributed by atoms with van der Waals surface area (Å²) in [5.74, 6) is 0.644. The predicted molar refractivity (Wildman–Crippen MR) is 98.4 cm³/mol. The number of carbonyl (C=O) groups is 1. The van der Waals surface area contributed by atoms with Crippen molar-refractivity contribution in [3.05, 3.63) is 76.6 Å². The fourth-order valence-electron chi connectivity index (χ4n) is 2.43. The van der Waals surface area contributed by atoms with E-state index >= 15 is 0 Å². The lowest BCUT2D eigenvalue weighted by Gasteiger charge is -2.14. The predicted octanol–water partition coefficient (Wildman–Crippen LogP) is 2.66. The summed E-state index contributed by atoms with van der Waals surface area (Å²) in [6.45, 7) is 0.299. The number of aromatic nitrogens is 1. The highest BCUT2D eigenvalue weighted by Crippen LogP contribution is 2.16. The number of rotatable bonds is 7. The van der Waals surface area contributed by atoms with E-state index in [0.29, 0.717) is 22.0 Å². The van der Waals surface area contributed by atoms with Crippen LogP contribution in [-0.2, 0) is 13.2 Å². The molecule has 1 atom stereocenters. The number of nitrogens with one attached hydrogen (secondary N) is 1. The Morgan fingerprint density at radius 3 is 2.88 bits per heavy atom. The zero-order valence-electron chi connectivity index (χ0n) is 13.3. The molecule has 0 saturated carbocycles. The van der Waals surface area contributed by atoms with E-state index in [1.807, 2.05) is 17.5 Å². The smallest absolute Gasteiger partial charge is 0.271 e. The molecule has 0 fully saturated rings. The summed E-state index contributed by atoms with van der Waals surface area (Å²) in [5, 5.41) is 14.3. The second-order valence-electron chi connectivity index (χ2n) is 5.36.